The van der Waals surface area contributed by atoms with Gasteiger partial charge >= 0.3 is 17.9 Å². The summed E-state index contributed by atoms with van der Waals surface area (Å²) in [5.74, 6) is -10.8. The smallest absolute Gasteiger partial charge is 0.350 e. The van der Waals surface area contributed by atoms with E-state index in [9.17, 15) is 53.4 Å². The highest BCUT2D eigenvalue weighted by Gasteiger charge is 2.75. The van der Waals surface area contributed by atoms with Crippen molar-refractivity contribution in [3.05, 3.63) is 161 Å². The molecule has 3 fully saturated rings. The fourth-order valence-corrected chi connectivity index (χ4v) is 15.2. The number of hydrogen-bond acceptors (Lipinski definition) is 18. The monoisotopic (exact) mass is 1370 g/mol. The van der Waals surface area contributed by atoms with Gasteiger partial charge < -0.3 is 66.6 Å². The standard InChI is InChI=1S/C76H90N6O18/c1-43-55(40-76(95)67(100-71(93)49-27-15-10-16-28-49)65-74(6)42-97-57(74)39-56(84)75(65,7)66(89)44(2)62(43)73(76,4)5)98-72(94)64(63(47-23-11-8-12-24-47)82-70(92)48-25-13-9-14-26-48)99-61(88)36-35-58(85)79-37-20-19-31-52(69(78)91)81-59(86)34-33-50(68(77)90)38-53(83)45(3)80-60(87)41-96-54-32-21-29-46-22-17-18-30-51(46)54/h8-18,21-30,32,44-45,50,52,55-57,63-65,67,84,95H,19-20,31,33-42H2,1-7H3,(H2,77,90)(H2,78,91)(H,79,85)(H,80,87)(H,81,86)(H,82,92)/t44-,45?,50-,52?,55+,56+,57-,63-,64-,65-,67+,74-,75-,76-/m1/s1. The lowest BCUT2D eigenvalue weighted by Crippen LogP contribution is -2.77. The molecule has 24 heteroatoms. The number of nitrogens with two attached hydrogens (primary N) is 2. The molecular weight excluding hydrogens is 1280 g/mol. The number of fused-ring (bicyclic) bond motifs is 6. The van der Waals surface area contributed by atoms with Gasteiger partial charge in [-0.05, 0) is 98.9 Å². The first kappa shape index (κ1) is 74.6. The van der Waals surface area contributed by atoms with Crippen LogP contribution < -0.4 is 37.5 Å². The normalized spacial score (nSPS) is 24.9. The Morgan fingerprint density at radius 1 is 0.710 bits per heavy atom. The fourth-order valence-electron chi connectivity index (χ4n) is 15.2. The molecule has 0 aromatic heterocycles. The molecule has 6 amide bonds. The number of aliphatic hydroxyl groups is 2. The van der Waals surface area contributed by atoms with Gasteiger partial charge in [0.25, 0.3) is 11.8 Å². The molecule has 1 heterocycles. The summed E-state index contributed by atoms with van der Waals surface area (Å²) in [4.78, 5) is 151. The minimum absolute atomic E-state index is 0.0522. The van der Waals surface area contributed by atoms with Crippen molar-refractivity contribution < 1.29 is 86.6 Å². The minimum atomic E-state index is -2.16. The Bertz CT molecular complexity index is 3920. The van der Waals surface area contributed by atoms with E-state index in [1.807, 2.05) is 37.3 Å². The number of rotatable bonds is 30. The molecule has 14 atom stereocenters. The number of ether oxygens (including phenoxy) is 5. The molecule has 9 rings (SSSR count). The predicted molar refractivity (Wildman–Crippen MR) is 365 cm³/mol. The zero-order valence-corrected chi connectivity index (χ0v) is 57.3. The van der Waals surface area contributed by atoms with Gasteiger partial charge in [0.1, 0.15) is 41.4 Å². The van der Waals surface area contributed by atoms with Crippen molar-refractivity contribution >= 4 is 75.7 Å². The van der Waals surface area contributed by atoms with Crippen LogP contribution in [0.4, 0.5) is 0 Å². The van der Waals surface area contributed by atoms with E-state index in [0.717, 1.165) is 10.8 Å². The second-order valence-corrected chi connectivity index (χ2v) is 27.7. The van der Waals surface area contributed by atoms with Crippen LogP contribution in [0.5, 0.6) is 5.75 Å². The lowest BCUT2D eigenvalue weighted by atomic mass is 9.41. The summed E-state index contributed by atoms with van der Waals surface area (Å²) in [5.41, 5.74) is 6.61. The molecule has 100 heavy (non-hydrogen) atoms. The Hall–Kier alpha value is -9.65. The van der Waals surface area contributed by atoms with Gasteiger partial charge in [-0.3, -0.25) is 43.2 Å². The molecule has 5 aromatic carbocycles. The summed E-state index contributed by atoms with van der Waals surface area (Å²) in [6, 6.07) is 33.7. The molecule has 0 radical (unpaired) electrons. The summed E-state index contributed by atoms with van der Waals surface area (Å²) in [5, 5.41) is 38.5. The molecule has 24 nitrogen and oxygen atoms in total. The molecule has 3 aliphatic carbocycles. The number of benzene rings is 5. The van der Waals surface area contributed by atoms with Crippen molar-refractivity contribution in [2.45, 2.75) is 167 Å². The number of esters is 3. The van der Waals surface area contributed by atoms with Crippen LogP contribution in [0, 0.1) is 34.0 Å². The molecule has 2 unspecified atom stereocenters. The van der Waals surface area contributed by atoms with Crippen LogP contribution in [0.15, 0.2) is 145 Å². The molecule has 10 N–H and O–H groups in total. The highest BCUT2D eigenvalue weighted by atomic mass is 16.6. The quantitative estimate of drug-likeness (QED) is 0.0108. The van der Waals surface area contributed by atoms with Crippen molar-refractivity contribution in [3.8, 4) is 5.75 Å². The van der Waals surface area contributed by atoms with Gasteiger partial charge in [0.05, 0.1) is 42.3 Å². The third kappa shape index (κ3) is 16.1. The van der Waals surface area contributed by atoms with Gasteiger partial charge in [-0.1, -0.05) is 131 Å². The number of ketones is 2. The van der Waals surface area contributed by atoms with Crippen LogP contribution in [0.1, 0.15) is 145 Å². The SMILES string of the molecule is CC1=C2[C@@H](C)C(=O)[C@@]3(C)[C@H]([C@H](OC(=O)c4ccccc4)[C@](O)(C[C@@H]1OC(=O)[C@H](OC(=O)CCC(=O)NCCCCC(NC(=O)CC[C@H](CC(=O)C(C)NC(=O)COc1cccc4ccccc14)C(N)=O)C(N)=O)[C@H](NC(=O)c1ccccc1)c1ccccc1)C2(C)C)[C@]1(C)CO[C@@H]1C[C@@H]3O. The lowest BCUT2D eigenvalue weighted by Gasteiger charge is -2.68. The second-order valence-electron chi connectivity index (χ2n) is 27.7. The summed E-state index contributed by atoms with van der Waals surface area (Å²) in [6.07, 6.45) is -8.33. The summed E-state index contributed by atoms with van der Waals surface area (Å²) in [6.45, 7) is 11.6. The highest BCUT2D eigenvalue weighted by molar-refractivity contribution is 5.96. The Morgan fingerprint density at radius 3 is 2.00 bits per heavy atom. The number of aliphatic hydroxyl groups excluding tert-OH is 1. The third-order valence-electron chi connectivity index (χ3n) is 20.9. The average Bonchev–Trinajstić information content (AvgIpc) is 0.673. The molecule has 532 valence electrons. The van der Waals surface area contributed by atoms with E-state index in [1.54, 1.807) is 138 Å². The number of hydrogen-bond donors (Lipinski definition) is 8. The Labute approximate surface area is 580 Å². The van der Waals surface area contributed by atoms with Crippen LogP contribution in [-0.4, -0.2) is 143 Å². The molecule has 2 bridgehead atoms. The molecule has 5 aromatic rings. The number of carbonyl (C=O) groups is 11. The van der Waals surface area contributed by atoms with Crippen molar-refractivity contribution in [1.29, 1.82) is 0 Å². The first-order valence-corrected chi connectivity index (χ1v) is 33.9. The molecule has 1 aliphatic heterocycles. The maximum atomic E-state index is 15.5. The van der Waals surface area contributed by atoms with Gasteiger partial charge in [0, 0.05) is 78.2 Å². The summed E-state index contributed by atoms with van der Waals surface area (Å²) < 4.78 is 30.9. The van der Waals surface area contributed by atoms with Gasteiger partial charge in [-0.25, -0.2) is 9.59 Å². The van der Waals surface area contributed by atoms with Crippen LogP contribution in [0.25, 0.3) is 10.8 Å². The topological polar surface area (TPSA) is 375 Å². The van der Waals surface area contributed by atoms with Crippen LogP contribution in [-0.2, 0) is 62.1 Å². The van der Waals surface area contributed by atoms with Gasteiger partial charge in [-0.2, -0.15) is 0 Å². The van der Waals surface area contributed by atoms with Gasteiger partial charge in [-0.15, -0.1) is 0 Å². The van der Waals surface area contributed by atoms with E-state index in [-0.39, 0.29) is 81.6 Å². The maximum Gasteiger partial charge on any atom is 0.350 e. The summed E-state index contributed by atoms with van der Waals surface area (Å²) >= 11 is 0. The number of nitrogens with one attached hydrogen (secondary N) is 4. The van der Waals surface area contributed by atoms with Crippen molar-refractivity contribution in [2.75, 3.05) is 19.8 Å². The predicted octanol–water partition coefficient (Wildman–Crippen LogP) is 6.31. The zero-order chi connectivity index (χ0) is 72.4. The Morgan fingerprint density at radius 2 is 1.35 bits per heavy atom. The molecule has 1 saturated heterocycles. The average molecular weight is 1380 g/mol. The minimum Gasteiger partial charge on any atom is -0.483 e. The number of unbranched alkanes of at least 4 members (excludes halogenated alkanes) is 1. The van der Waals surface area contributed by atoms with E-state index in [0.29, 0.717) is 22.5 Å². The third-order valence-corrected chi connectivity index (χ3v) is 20.9. The Kier molecular flexibility index (Phi) is 23.6. The highest BCUT2D eigenvalue weighted by Crippen LogP contribution is 2.66. The number of amides is 6. The lowest BCUT2D eigenvalue weighted by molar-refractivity contribution is -0.312. The van der Waals surface area contributed by atoms with E-state index >= 15 is 9.59 Å². The van der Waals surface area contributed by atoms with Gasteiger partial charge in [0.2, 0.25) is 29.7 Å². The largest absolute Gasteiger partial charge is 0.483 e. The fraction of sp³-hybridized carbons (Fsp3) is 0.461. The van der Waals surface area contributed by atoms with Crippen LogP contribution in [0.3, 0.4) is 0 Å². The Balaban J connectivity index is 0.839. The maximum absolute atomic E-state index is 15.5. The van der Waals surface area contributed by atoms with E-state index < -0.39 is 167 Å². The first-order chi connectivity index (χ1) is 47.5. The number of primary amides is 2. The van der Waals surface area contributed by atoms with Crippen LogP contribution >= 0.6 is 0 Å². The first-order valence-electron chi connectivity index (χ1n) is 33.9. The summed E-state index contributed by atoms with van der Waals surface area (Å²) in [7, 11) is 0. The van der Waals surface area contributed by atoms with Crippen molar-refractivity contribution in [1.82, 2.24) is 21.3 Å². The molecule has 0 spiro atoms. The number of carbonyl (C=O) groups excluding carboxylic acids is 11. The van der Waals surface area contributed by atoms with Gasteiger partial charge in [0.15, 0.2) is 12.4 Å². The second kappa shape index (κ2) is 31.7. The molecule has 2 saturated carbocycles. The van der Waals surface area contributed by atoms with Crippen LogP contribution in [0.2, 0.25) is 0 Å². The van der Waals surface area contributed by atoms with E-state index in [4.69, 9.17) is 35.2 Å². The molecular formula is C76H90N6O18. The van der Waals surface area contributed by atoms with E-state index in [2.05, 4.69) is 21.3 Å². The van der Waals surface area contributed by atoms with E-state index in [1.165, 1.54) is 6.92 Å². The van der Waals surface area contributed by atoms with Crippen molar-refractivity contribution in [2.24, 2.45) is 45.5 Å². The van der Waals surface area contributed by atoms with Crippen molar-refractivity contribution in [3.63, 3.8) is 0 Å². The molecule has 4 aliphatic rings. The zero-order valence-electron chi connectivity index (χ0n) is 57.3. The number of Topliss-reactive ketones (excluding diaryl/α,β-unsaturated/α-hetero) is 2.